The number of aryl methyl sites for hydroxylation is 1. The van der Waals surface area contributed by atoms with Crippen LogP contribution in [0, 0.1) is 6.92 Å². The van der Waals surface area contributed by atoms with Gasteiger partial charge in [0.25, 0.3) is 10.0 Å². The quantitative estimate of drug-likeness (QED) is 0.776. The van der Waals surface area contributed by atoms with Crippen LogP contribution in [0.5, 0.6) is 0 Å². The van der Waals surface area contributed by atoms with E-state index in [2.05, 4.69) is 14.9 Å². The predicted molar refractivity (Wildman–Crippen MR) is 74.7 cm³/mol. The van der Waals surface area contributed by atoms with E-state index in [1.807, 2.05) is 0 Å². The summed E-state index contributed by atoms with van der Waals surface area (Å²) in [6.07, 6.45) is 0. The minimum atomic E-state index is -3.79. The zero-order valence-corrected chi connectivity index (χ0v) is 12.3. The Kier molecular flexibility index (Phi) is 4.44. The number of benzene rings is 1. The molecule has 0 amide bonds. The van der Waals surface area contributed by atoms with Crippen LogP contribution in [-0.2, 0) is 23.2 Å². The molecule has 6 nitrogen and oxygen atoms in total. The van der Waals surface area contributed by atoms with Crippen molar-refractivity contribution in [1.82, 2.24) is 14.9 Å². The molecule has 0 fully saturated rings. The Labute approximate surface area is 121 Å². The van der Waals surface area contributed by atoms with Gasteiger partial charge in [-0.15, -0.1) is 0 Å². The Hall–Kier alpha value is -1.41. The summed E-state index contributed by atoms with van der Waals surface area (Å²) in [5.41, 5.74) is 1.53. The Morgan fingerprint density at radius 2 is 2.20 bits per heavy atom. The summed E-state index contributed by atoms with van der Waals surface area (Å²) in [4.78, 5) is 0. The minimum Gasteiger partial charge on any atom is -0.392 e. The van der Waals surface area contributed by atoms with Gasteiger partial charge in [-0.05, 0) is 24.6 Å². The van der Waals surface area contributed by atoms with Crippen molar-refractivity contribution in [2.45, 2.75) is 25.1 Å². The Balaban J connectivity index is 2.19. The first kappa shape index (κ1) is 15.0. The van der Waals surface area contributed by atoms with E-state index in [4.69, 9.17) is 11.6 Å². The van der Waals surface area contributed by atoms with Crippen molar-refractivity contribution in [3.8, 4) is 0 Å². The molecule has 2 aromatic rings. The summed E-state index contributed by atoms with van der Waals surface area (Å²) in [5, 5.41) is 15.8. The summed E-state index contributed by atoms with van der Waals surface area (Å²) in [7, 11) is -3.79. The summed E-state index contributed by atoms with van der Waals surface area (Å²) in [6.45, 7) is 1.35. The highest BCUT2D eigenvalue weighted by Gasteiger charge is 2.23. The molecular formula is C12H14ClN3O3S. The third-order valence-corrected chi connectivity index (χ3v) is 4.41. The molecule has 0 aliphatic heterocycles. The number of halogens is 1. The summed E-state index contributed by atoms with van der Waals surface area (Å²) in [5.74, 6) is 0. The maximum absolute atomic E-state index is 12.1. The van der Waals surface area contributed by atoms with Crippen molar-refractivity contribution < 1.29 is 13.5 Å². The molecule has 1 heterocycles. The van der Waals surface area contributed by atoms with E-state index in [1.165, 1.54) is 0 Å². The summed E-state index contributed by atoms with van der Waals surface area (Å²) < 4.78 is 26.7. The third-order valence-electron chi connectivity index (χ3n) is 2.80. The number of hydrogen-bond acceptors (Lipinski definition) is 4. The molecule has 8 heteroatoms. The maximum Gasteiger partial charge on any atom is 0.260 e. The summed E-state index contributed by atoms with van der Waals surface area (Å²) >= 11 is 5.84. The fraction of sp³-hybridized carbons (Fsp3) is 0.250. The van der Waals surface area contributed by atoms with Crippen LogP contribution in [0.2, 0.25) is 5.02 Å². The van der Waals surface area contributed by atoms with E-state index in [-0.39, 0.29) is 17.1 Å². The van der Waals surface area contributed by atoms with Gasteiger partial charge >= 0.3 is 0 Å². The van der Waals surface area contributed by atoms with Crippen molar-refractivity contribution in [1.29, 1.82) is 0 Å². The van der Waals surface area contributed by atoms with Gasteiger partial charge in [0, 0.05) is 22.8 Å². The topological polar surface area (TPSA) is 95.1 Å². The van der Waals surface area contributed by atoms with Crippen molar-refractivity contribution >= 4 is 21.6 Å². The monoisotopic (exact) mass is 315 g/mol. The molecule has 0 aliphatic carbocycles. The number of aromatic amines is 1. The molecule has 3 N–H and O–H groups in total. The number of aliphatic hydroxyl groups is 1. The summed E-state index contributed by atoms with van der Waals surface area (Å²) in [6, 6.07) is 6.88. The van der Waals surface area contributed by atoms with E-state index in [0.717, 1.165) is 5.56 Å². The molecule has 0 unspecified atom stereocenters. The first-order chi connectivity index (χ1) is 9.44. The zero-order chi connectivity index (χ0) is 14.8. The number of nitrogens with zero attached hydrogens (tertiary/aromatic N) is 1. The Morgan fingerprint density at radius 3 is 2.85 bits per heavy atom. The molecular weight excluding hydrogens is 302 g/mol. The van der Waals surface area contributed by atoms with Crippen LogP contribution in [-0.4, -0.2) is 23.7 Å². The second-order valence-corrected chi connectivity index (χ2v) is 6.36. The van der Waals surface area contributed by atoms with Crippen LogP contribution in [0.4, 0.5) is 0 Å². The van der Waals surface area contributed by atoms with Crippen LogP contribution >= 0.6 is 11.6 Å². The first-order valence-electron chi connectivity index (χ1n) is 5.83. The van der Waals surface area contributed by atoms with Gasteiger partial charge in [-0.2, -0.15) is 5.10 Å². The fourth-order valence-corrected chi connectivity index (χ4v) is 3.15. The largest absolute Gasteiger partial charge is 0.392 e. The van der Waals surface area contributed by atoms with Crippen molar-refractivity contribution in [3.05, 3.63) is 46.1 Å². The normalized spacial score (nSPS) is 11.8. The average Bonchev–Trinajstić information content (AvgIpc) is 2.78. The van der Waals surface area contributed by atoms with Gasteiger partial charge in [0.1, 0.15) is 0 Å². The van der Waals surface area contributed by atoms with Crippen molar-refractivity contribution in [2.24, 2.45) is 0 Å². The van der Waals surface area contributed by atoms with Crippen LogP contribution < -0.4 is 4.72 Å². The molecule has 0 radical (unpaired) electrons. The number of nitrogens with one attached hydrogen (secondary N) is 2. The van der Waals surface area contributed by atoms with Gasteiger partial charge in [-0.25, -0.2) is 13.1 Å². The average molecular weight is 316 g/mol. The molecule has 0 spiro atoms. The van der Waals surface area contributed by atoms with E-state index in [0.29, 0.717) is 10.7 Å². The van der Waals surface area contributed by atoms with E-state index in [1.54, 1.807) is 31.2 Å². The van der Waals surface area contributed by atoms with Gasteiger partial charge < -0.3 is 5.11 Å². The number of sulfonamides is 1. The molecule has 20 heavy (non-hydrogen) atoms. The second kappa shape index (κ2) is 5.92. The standard InChI is InChI=1S/C12H14ClN3O3S/c1-8-11(7-17)12(16-15-8)20(18,19)14-6-9-3-2-4-10(13)5-9/h2-5,14,17H,6-7H2,1H3,(H,15,16). The third kappa shape index (κ3) is 3.18. The Morgan fingerprint density at radius 1 is 1.45 bits per heavy atom. The lowest BCUT2D eigenvalue weighted by Gasteiger charge is -2.06. The van der Waals surface area contributed by atoms with Crippen molar-refractivity contribution in [2.75, 3.05) is 0 Å². The van der Waals surface area contributed by atoms with Crippen LogP contribution in [0.3, 0.4) is 0 Å². The highest BCUT2D eigenvalue weighted by molar-refractivity contribution is 7.89. The molecule has 0 atom stereocenters. The minimum absolute atomic E-state index is 0.0969. The number of hydrogen-bond donors (Lipinski definition) is 3. The van der Waals surface area contributed by atoms with E-state index < -0.39 is 16.6 Å². The van der Waals surface area contributed by atoms with Crippen LogP contribution in [0.25, 0.3) is 0 Å². The van der Waals surface area contributed by atoms with Crippen molar-refractivity contribution in [3.63, 3.8) is 0 Å². The first-order valence-corrected chi connectivity index (χ1v) is 7.69. The second-order valence-electron chi connectivity index (χ2n) is 4.24. The smallest absolute Gasteiger partial charge is 0.260 e. The lowest BCUT2D eigenvalue weighted by molar-refractivity contribution is 0.277. The Bertz CT molecular complexity index is 712. The maximum atomic E-state index is 12.1. The molecule has 2 rings (SSSR count). The molecule has 0 aliphatic rings. The fourth-order valence-electron chi connectivity index (χ4n) is 1.73. The number of aromatic nitrogens is 2. The molecule has 1 aromatic heterocycles. The van der Waals surface area contributed by atoms with Gasteiger partial charge in [-0.3, -0.25) is 5.10 Å². The zero-order valence-electron chi connectivity index (χ0n) is 10.7. The molecule has 0 saturated heterocycles. The van der Waals surface area contributed by atoms with Crippen LogP contribution in [0.15, 0.2) is 29.3 Å². The highest BCUT2D eigenvalue weighted by atomic mass is 35.5. The van der Waals surface area contributed by atoms with Crippen LogP contribution in [0.1, 0.15) is 16.8 Å². The van der Waals surface area contributed by atoms with Gasteiger partial charge in [-0.1, -0.05) is 23.7 Å². The van der Waals surface area contributed by atoms with Gasteiger partial charge in [0.2, 0.25) is 0 Å². The van der Waals surface area contributed by atoms with E-state index in [9.17, 15) is 13.5 Å². The molecule has 108 valence electrons. The lowest BCUT2D eigenvalue weighted by Crippen LogP contribution is -2.24. The predicted octanol–water partition coefficient (Wildman–Crippen LogP) is 1.34. The highest BCUT2D eigenvalue weighted by Crippen LogP contribution is 2.17. The molecule has 0 saturated carbocycles. The molecule has 0 bridgehead atoms. The molecule has 1 aromatic carbocycles. The number of aliphatic hydroxyl groups excluding tert-OH is 1. The van der Waals surface area contributed by atoms with Gasteiger partial charge in [0.05, 0.1) is 6.61 Å². The number of H-pyrrole nitrogens is 1. The SMILES string of the molecule is Cc1[nH]nc(S(=O)(=O)NCc2cccc(Cl)c2)c1CO. The van der Waals surface area contributed by atoms with E-state index >= 15 is 0 Å². The lowest BCUT2D eigenvalue weighted by atomic mass is 10.2. The van der Waals surface area contributed by atoms with Gasteiger partial charge in [0.15, 0.2) is 5.03 Å². The number of rotatable bonds is 5.